The summed E-state index contributed by atoms with van der Waals surface area (Å²) in [5.74, 6) is 0.356. The van der Waals surface area contributed by atoms with Crippen LogP contribution in [0.1, 0.15) is 30.5 Å². The Kier molecular flexibility index (Phi) is 5.79. The van der Waals surface area contributed by atoms with Crippen molar-refractivity contribution in [3.05, 3.63) is 34.9 Å². The minimum Gasteiger partial charge on any atom is -0.409 e. The van der Waals surface area contributed by atoms with E-state index in [2.05, 4.69) is 10.5 Å². The molecule has 1 aromatic carbocycles. The first-order valence-electron chi connectivity index (χ1n) is 6.42. The van der Waals surface area contributed by atoms with Crippen LogP contribution in [0.3, 0.4) is 0 Å². The highest BCUT2D eigenvalue weighted by Gasteiger charge is 2.09. The Bertz CT molecular complexity index is 444. The number of hydrogen-bond donors (Lipinski definition) is 4. The van der Waals surface area contributed by atoms with Crippen molar-refractivity contribution in [2.45, 2.75) is 33.4 Å². The lowest BCUT2D eigenvalue weighted by Gasteiger charge is -2.16. The first kappa shape index (κ1) is 15.5. The summed E-state index contributed by atoms with van der Waals surface area (Å²) in [4.78, 5) is 0. The Balaban J connectivity index is 2.61. The number of benzene rings is 1. The smallest absolute Gasteiger partial charge is 0.170 e. The van der Waals surface area contributed by atoms with Gasteiger partial charge in [-0.15, -0.1) is 0 Å². The van der Waals surface area contributed by atoms with Gasteiger partial charge < -0.3 is 21.4 Å². The minimum atomic E-state index is -0.336. The molecule has 0 aromatic heterocycles. The maximum Gasteiger partial charge on any atom is 0.170 e. The third kappa shape index (κ3) is 4.54. The average Bonchev–Trinajstić information content (AvgIpc) is 2.39. The van der Waals surface area contributed by atoms with Crippen molar-refractivity contribution in [1.82, 2.24) is 5.32 Å². The van der Waals surface area contributed by atoms with E-state index in [4.69, 9.17) is 10.9 Å². The molecular formula is C14H23N3O2. The largest absolute Gasteiger partial charge is 0.409 e. The first-order chi connectivity index (χ1) is 8.95. The molecule has 19 heavy (non-hydrogen) atoms. The summed E-state index contributed by atoms with van der Waals surface area (Å²) in [6.45, 7) is 7.21. The standard InChI is InChI=1S/C14H23N3O2/c1-9(2)13(18)8-16-7-12-5-4-11(6-10(12)3)14(15)17-19/h4-6,9,13,16,18-19H,7-8H2,1-3H3,(H2,15,17). The van der Waals surface area contributed by atoms with Crippen molar-refractivity contribution in [2.24, 2.45) is 16.8 Å². The summed E-state index contributed by atoms with van der Waals surface area (Å²) in [5.41, 5.74) is 8.43. The molecule has 106 valence electrons. The lowest BCUT2D eigenvalue weighted by atomic mass is 10.0. The van der Waals surface area contributed by atoms with Gasteiger partial charge in [0.05, 0.1) is 6.10 Å². The molecule has 1 rings (SSSR count). The topological polar surface area (TPSA) is 90.9 Å². The molecule has 0 aliphatic carbocycles. The number of rotatable bonds is 6. The molecule has 0 aliphatic heterocycles. The molecule has 0 aliphatic rings. The van der Waals surface area contributed by atoms with Crippen molar-refractivity contribution >= 4 is 5.84 Å². The molecule has 5 heteroatoms. The zero-order valence-corrected chi connectivity index (χ0v) is 11.7. The van der Waals surface area contributed by atoms with Gasteiger partial charge in [0, 0.05) is 18.7 Å². The highest BCUT2D eigenvalue weighted by molar-refractivity contribution is 5.97. The van der Waals surface area contributed by atoms with Crippen LogP contribution < -0.4 is 11.1 Å². The molecule has 0 amide bonds. The Morgan fingerprint density at radius 3 is 2.63 bits per heavy atom. The number of oxime groups is 1. The lowest BCUT2D eigenvalue weighted by molar-refractivity contribution is 0.123. The number of aliphatic hydroxyl groups excluding tert-OH is 1. The Hall–Kier alpha value is -1.59. The van der Waals surface area contributed by atoms with Gasteiger partial charge in [-0.1, -0.05) is 31.1 Å². The highest BCUT2D eigenvalue weighted by atomic mass is 16.4. The molecule has 1 aromatic rings. The molecule has 1 atom stereocenters. The monoisotopic (exact) mass is 265 g/mol. The Morgan fingerprint density at radius 1 is 1.42 bits per heavy atom. The molecule has 0 fully saturated rings. The number of aliphatic hydroxyl groups is 1. The predicted molar refractivity (Wildman–Crippen MR) is 76.2 cm³/mol. The summed E-state index contributed by atoms with van der Waals surface area (Å²) in [6.07, 6.45) is -0.336. The highest BCUT2D eigenvalue weighted by Crippen LogP contribution is 2.11. The second-order valence-electron chi connectivity index (χ2n) is 5.07. The van der Waals surface area contributed by atoms with Gasteiger partial charge in [0.1, 0.15) is 0 Å². The number of nitrogens with zero attached hydrogens (tertiary/aromatic N) is 1. The lowest BCUT2D eigenvalue weighted by Crippen LogP contribution is -2.30. The van der Waals surface area contributed by atoms with E-state index in [1.165, 1.54) is 0 Å². The van der Waals surface area contributed by atoms with E-state index in [-0.39, 0.29) is 17.9 Å². The summed E-state index contributed by atoms with van der Waals surface area (Å²) >= 11 is 0. The number of nitrogens with two attached hydrogens (primary N) is 1. The van der Waals surface area contributed by atoms with Crippen LogP contribution in [-0.4, -0.2) is 28.8 Å². The van der Waals surface area contributed by atoms with Crippen LogP contribution in [0.2, 0.25) is 0 Å². The summed E-state index contributed by atoms with van der Waals surface area (Å²) in [5, 5.41) is 24.5. The van der Waals surface area contributed by atoms with Crippen molar-refractivity contribution < 1.29 is 10.3 Å². The molecule has 0 saturated heterocycles. The van der Waals surface area contributed by atoms with Gasteiger partial charge in [-0.3, -0.25) is 0 Å². The first-order valence-corrected chi connectivity index (χ1v) is 6.42. The number of aryl methyl sites for hydroxylation is 1. The van der Waals surface area contributed by atoms with E-state index in [9.17, 15) is 5.11 Å². The van der Waals surface area contributed by atoms with Gasteiger partial charge in [0.2, 0.25) is 0 Å². The van der Waals surface area contributed by atoms with E-state index < -0.39 is 0 Å². The van der Waals surface area contributed by atoms with Crippen LogP contribution in [0.15, 0.2) is 23.4 Å². The number of nitrogens with one attached hydrogen (secondary N) is 1. The van der Waals surface area contributed by atoms with Gasteiger partial charge in [-0.05, 0) is 30.0 Å². The van der Waals surface area contributed by atoms with E-state index in [1.807, 2.05) is 39.0 Å². The van der Waals surface area contributed by atoms with Gasteiger partial charge >= 0.3 is 0 Å². The zero-order valence-electron chi connectivity index (χ0n) is 11.7. The molecule has 0 radical (unpaired) electrons. The molecule has 0 saturated carbocycles. The number of hydrogen-bond acceptors (Lipinski definition) is 4. The maximum atomic E-state index is 9.70. The molecule has 1 unspecified atom stereocenters. The molecule has 0 heterocycles. The van der Waals surface area contributed by atoms with Gasteiger partial charge in [0.25, 0.3) is 0 Å². The van der Waals surface area contributed by atoms with Gasteiger partial charge in [-0.25, -0.2) is 0 Å². The zero-order chi connectivity index (χ0) is 14.4. The van der Waals surface area contributed by atoms with Crippen LogP contribution in [-0.2, 0) is 6.54 Å². The average molecular weight is 265 g/mol. The second kappa shape index (κ2) is 7.11. The van der Waals surface area contributed by atoms with Crippen molar-refractivity contribution in [3.8, 4) is 0 Å². The predicted octanol–water partition coefficient (Wildman–Crippen LogP) is 1.20. The van der Waals surface area contributed by atoms with Gasteiger partial charge in [0.15, 0.2) is 5.84 Å². The van der Waals surface area contributed by atoms with Gasteiger partial charge in [-0.2, -0.15) is 0 Å². The molecule has 0 bridgehead atoms. The fourth-order valence-corrected chi connectivity index (χ4v) is 1.70. The maximum absolute atomic E-state index is 9.70. The molecular weight excluding hydrogens is 242 g/mol. The van der Waals surface area contributed by atoms with Crippen molar-refractivity contribution in [3.63, 3.8) is 0 Å². The van der Waals surface area contributed by atoms with E-state index in [0.717, 1.165) is 11.1 Å². The third-order valence-electron chi connectivity index (χ3n) is 3.18. The van der Waals surface area contributed by atoms with Crippen LogP contribution >= 0.6 is 0 Å². The summed E-state index contributed by atoms with van der Waals surface area (Å²) in [6, 6.07) is 5.64. The Labute approximate surface area is 114 Å². The van der Waals surface area contributed by atoms with Crippen LogP contribution in [0.5, 0.6) is 0 Å². The minimum absolute atomic E-state index is 0.109. The second-order valence-corrected chi connectivity index (χ2v) is 5.07. The fraction of sp³-hybridized carbons (Fsp3) is 0.500. The van der Waals surface area contributed by atoms with E-state index in [0.29, 0.717) is 18.7 Å². The van der Waals surface area contributed by atoms with Crippen molar-refractivity contribution in [1.29, 1.82) is 0 Å². The molecule has 5 nitrogen and oxygen atoms in total. The quantitative estimate of drug-likeness (QED) is 0.269. The van der Waals surface area contributed by atoms with Crippen molar-refractivity contribution in [2.75, 3.05) is 6.54 Å². The SMILES string of the molecule is Cc1cc(/C(N)=N/O)ccc1CNCC(O)C(C)C. The third-order valence-corrected chi connectivity index (χ3v) is 3.18. The van der Waals surface area contributed by atoms with Crippen LogP contribution in [0.25, 0.3) is 0 Å². The summed E-state index contributed by atoms with van der Waals surface area (Å²) < 4.78 is 0. The number of amidine groups is 1. The molecule has 5 N–H and O–H groups in total. The van der Waals surface area contributed by atoms with E-state index >= 15 is 0 Å². The van der Waals surface area contributed by atoms with Crippen LogP contribution in [0, 0.1) is 12.8 Å². The molecule has 0 spiro atoms. The normalized spacial score (nSPS) is 13.8. The fourth-order valence-electron chi connectivity index (χ4n) is 1.70. The van der Waals surface area contributed by atoms with E-state index in [1.54, 1.807) is 0 Å². The Morgan fingerprint density at radius 2 is 2.11 bits per heavy atom. The van der Waals surface area contributed by atoms with Crippen LogP contribution in [0.4, 0.5) is 0 Å². The summed E-state index contributed by atoms with van der Waals surface area (Å²) in [7, 11) is 0.